The van der Waals surface area contributed by atoms with Crippen molar-refractivity contribution in [2.45, 2.75) is 31.9 Å². The van der Waals surface area contributed by atoms with Gasteiger partial charge in [0.05, 0.1) is 23.7 Å². The van der Waals surface area contributed by atoms with Crippen LogP contribution in [-0.2, 0) is 38.0 Å². The van der Waals surface area contributed by atoms with E-state index in [4.69, 9.17) is 9.15 Å². The Bertz CT molecular complexity index is 1240. The van der Waals surface area contributed by atoms with Crippen LogP contribution in [0.3, 0.4) is 0 Å². The Balaban J connectivity index is 1.47. The number of fused-ring (bicyclic) bond motifs is 1. The molecule has 0 spiro atoms. The molecule has 0 fully saturated rings. The number of carbonyl (C=O) groups excluding carboxylic acids is 2. The molecule has 4 rings (SSSR count). The van der Waals surface area contributed by atoms with E-state index in [1.807, 2.05) is 42.5 Å². The average molecular weight is 474 g/mol. The number of esters is 1. The Labute approximate surface area is 190 Å². The van der Waals surface area contributed by atoms with E-state index < -0.39 is 15.8 Å². The first-order valence-corrected chi connectivity index (χ1v) is 13.0. The number of amides is 1. The summed E-state index contributed by atoms with van der Waals surface area (Å²) in [4.78, 5) is 25.7. The van der Waals surface area contributed by atoms with E-state index in [0.717, 1.165) is 22.7 Å². The average Bonchev–Trinajstić information content (AvgIpc) is 3.36. The lowest BCUT2D eigenvalue weighted by Crippen LogP contribution is -2.20. The standard InChI is InChI=1S/C23H23NO6S2/c1-2-29-23(26)21-17-12-13-32(27,28)14-19(17)31-22(21)24-20(25)11-9-16-8-10-18(30-16)15-6-4-3-5-7-15/h3-8,10H,2,9,11-14H2,1H3,(H,24,25). The molecule has 7 nitrogen and oxygen atoms in total. The van der Waals surface area contributed by atoms with Crippen molar-refractivity contribution in [3.63, 3.8) is 0 Å². The van der Waals surface area contributed by atoms with Crippen LogP contribution in [0.4, 0.5) is 5.00 Å². The third-order valence-electron chi connectivity index (χ3n) is 5.16. The van der Waals surface area contributed by atoms with Crippen LogP contribution in [0.2, 0.25) is 0 Å². The quantitative estimate of drug-likeness (QED) is 0.515. The number of rotatable bonds is 7. The normalized spacial score (nSPS) is 14.5. The number of hydrogen-bond acceptors (Lipinski definition) is 7. The number of hydrogen-bond donors (Lipinski definition) is 1. The maximum atomic E-state index is 12.6. The van der Waals surface area contributed by atoms with Crippen molar-refractivity contribution in [2.24, 2.45) is 0 Å². The van der Waals surface area contributed by atoms with Crippen LogP contribution in [0.25, 0.3) is 11.3 Å². The first-order valence-electron chi connectivity index (χ1n) is 10.3. The number of anilines is 1. The molecule has 0 saturated carbocycles. The van der Waals surface area contributed by atoms with Crippen molar-refractivity contribution in [2.75, 3.05) is 17.7 Å². The molecule has 9 heteroatoms. The van der Waals surface area contributed by atoms with Gasteiger partial charge in [-0.25, -0.2) is 13.2 Å². The first-order chi connectivity index (χ1) is 15.4. The molecule has 1 amide bonds. The van der Waals surface area contributed by atoms with Crippen LogP contribution < -0.4 is 5.32 Å². The van der Waals surface area contributed by atoms with Crippen LogP contribution in [0, 0.1) is 0 Å². The molecule has 1 N–H and O–H groups in total. The summed E-state index contributed by atoms with van der Waals surface area (Å²) in [6.45, 7) is 1.89. The zero-order valence-electron chi connectivity index (χ0n) is 17.6. The Hall–Kier alpha value is -2.91. The molecule has 1 aliphatic heterocycles. The number of benzene rings is 1. The summed E-state index contributed by atoms with van der Waals surface area (Å²) in [5.41, 5.74) is 1.90. The highest BCUT2D eigenvalue weighted by Gasteiger charge is 2.32. The summed E-state index contributed by atoms with van der Waals surface area (Å²) < 4.78 is 35.0. The predicted octanol–water partition coefficient (Wildman–Crippen LogP) is 4.23. The van der Waals surface area contributed by atoms with Gasteiger partial charge in [-0.2, -0.15) is 0 Å². The number of aryl methyl sites for hydroxylation is 1. The van der Waals surface area contributed by atoms with Crippen LogP contribution in [-0.4, -0.2) is 32.7 Å². The number of ether oxygens (including phenoxy) is 1. The fraction of sp³-hybridized carbons (Fsp3) is 0.304. The van der Waals surface area contributed by atoms with Gasteiger partial charge in [-0.1, -0.05) is 30.3 Å². The van der Waals surface area contributed by atoms with Gasteiger partial charge in [0, 0.05) is 23.3 Å². The highest BCUT2D eigenvalue weighted by atomic mass is 32.2. The van der Waals surface area contributed by atoms with Gasteiger partial charge in [0.15, 0.2) is 9.84 Å². The second-order valence-corrected chi connectivity index (χ2v) is 10.7. The number of furan rings is 1. The topological polar surface area (TPSA) is 103 Å². The lowest BCUT2D eigenvalue weighted by atomic mass is 10.1. The highest BCUT2D eigenvalue weighted by molar-refractivity contribution is 7.90. The second-order valence-electron chi connectivity index (χ2n) is 7.45. The third-order valence-corrected chi connectivity index (χ3v) is 8.04. The number of sulfone groups is 1. The van der Waals surface area contributed by atoms with Crippen LogP contribution in [0.15, 0.2) is 46.9 Å². The summed E-state index contributed by atoms with van der Waals surface area (Å²) in [5.74, 6) is 0.453. The van der Waals surface area contributed by atoms with Crippen molar-refractivity contribution < 1.29 is 27.2 Å². The van der Waals surface area contributed by atoms with Crippen molar-refractivity contribution in [3.8, 4) is 11.3 Å². The molecule has 1 aromatic carbocycles. The van der Waals surface area contributed by atoms with Gasteiger partial charge >= 0.3 is 5.97 Å². The minimum absolute atomic E-state index is 0.0151. The SMILES string of the molecule is CCOC(=O)c1c(NC(=O)CCc2ccc(-c3ccccc3)o2)sc2c1CCS(=O)(=O)C2. The van der Waals surface area contributed by atoms with Gasteiger partial charge in [0.25, 0.3) is 0 Å². The Morgan fingerprint density at radius 1 is 1.16 bits per heavy atom. The second kappa shape index (κ2) is 9.30. The summed E-state index contributed by atoms with van der Waals surface area (Å²) in [7, 11) is -3.20. The van der Waals surface area contributed by atoms with E-state index in [1.165, 1.54) is 0 Å². The molecular formula is C23H23NO6S2. The van der Waals surface area contributed by atoms with E-state index in [1.54, 1.807) is 6.92 Å². The van der Waals surface area contributed by atoms with Gasteiger partial charge in [-0.05, 0) is 31.0 Å². The Kier molecular flexibility index (Phi) is 6.48. The van der Waals surface area contributed by atoms with E-state index in [2.05, 4.69) is 5.32 Å². The smallest absolute Gasteiger partial charge is 0.341 e. The molecule has 3 aromatic rings. The fourth-order valence-electron chi connectivity index (χ4n) is 3.63. The molecule has 0 radical (unpaired) electrons. The predicted molar refractivity (Wildman–Crippen MR) is 123 cm³/mol. The minimum atomic E-state index is -3.20. The number of carbonyl (C=O) groups is 2. The van der Waals surface area contributed by atoms with Crippen molar-refractivity contribution in [1.82, 2.24) is 0 Å². The molecule has 0 unspecified atom stereocenters. The molecule has 2 aromatic heterocycles. The summed E-state index contributed by atoms with van der Waals surface area (Å²) >= 11 is 1.13. The van der Waals surface area contributed by atoms with E-state index in [9.17, 15) is 18.0 Å². The Morgan fingerprint density at radius 3 is 2.69 bits per heavy atom. The van der Waals surface area contributed by atoms with Crippen LogP contribution >= 0.6 is 11.3 Å². The molecule has 0 bridgehead atoms. The lowest BCUT2D eigenvalue weighted by Gasteiger charge is -2.13. The maximum Gasteiger partial charge on any atom is 0.341 e. The van der Waals surface area contributed by atoms with E-state index in [0.29, 0.717) is 27.6 Å². The maximum absolute atomic E-state index is 12.6. The highest BCUT2D eigenvalue weighted by Crippen LogP contribution is 2.38. The van der Waals surface area contributed by atoms with E-state index in [-0.39, 0.29) is 42.4 Å². The van der Waals surface area contributed by atoms with Crippen molar-refractivity contribution in [1.29, 1.82) is 0 Å². The van der Waals surface area contributed by atoms with Gasteiger partial charge < -0.3 is 14.5 Å². The lowest BCUT2D eigenvalue weighted by molar-refractivity contribution is -0.116. The monoisotopic (exact) mass is 473 g/mol. The van der Waals surface area contributed by atoms with Gasteiger partial charge in [-0.15, -0.1) is 11.3 Å². The molecule has 3 heterocycles. The van der Waals surface area contributed by atoms with E-state index >= 15 is 0 Å². The zero-order chi connectivity index (χ0) is 22.7. The summed E-state index contributed by atoms with van der Waals surface area (Å²) in [5, 5.41) is 3.13. The number of thiophene rings is 1. The Morgan fingerprint density at radius 2 is 1.94 bits per heavy atom. The molecule has 168 valence electrons. The molecule has 0 aliphatic carbocycles. The fourth-order valence-corrected chi connectivity index (χ4v) is 6.68. The zero-order valence-corrected chi connectivity index (χ0v) is 19.2. The minimum Gasteiger partial charge on any atom is -0.462 e. The van der Waals surface area contributed by atoms with Crippen LogP contribution in [0.5, 0.6) is 0 Å². The molecule has 0 saturated heterocycles. The van der Waals surface area contributed by atoms with Gasteiger partial charge in [0.2, 0.25) is 5.91 Å². The molecule has 1 aliphatic rings. The number of nitrogens with one attached hydrogen (secondary N) is 1. The summed E-state index contributed by atoms with van der Waals surface area (Å²) in [6.07, 6.45) is 0.796. The van der Waals surface area contributed by atoms with Gasteiger partial charge in [-0.3, -0.25) is 4.79 Å². The van der Waals surface area contributed by atoms with Crippen molar-refractivity contribution in [3.05, 3.63) is 64.2 Å². The molecule has 32 heavy (non-hydrogen) atoms. The van der Waals surface area contributed by atoms with Crippen LogP contribution in [0.1, 0.15) is 39.9 Å². The van der Waals surface area contributed by atoms with Crippen molar-refractivity contribution >= 4 is 38.1 Å². The molecular weight excluding hydrogens is 450 g/mol. The largest absolute Gasteiger partial charge is 0.462 e. The van der Waals surface area contributed by atoms with Gasteiger partial charge in [0.1, 0.15) is 16.5 Å². The first kappa shape index (κ1) is 22.3. The molecule has 0 atom stereocenters. The summed E-state index contributed by atoms with van der Waals surface area (Å²) in [6, 6.07) is 13.4. The third kappa shape index (κ3) is 4.94.